The van der Waals surface area contributed by atoms with E-state index < -0.39 is 0 Å². The molecule has 0 spiro atoms. The molecule has 0 radical (unpaired) electrons. The molecule has 0 bridgehead atoms. The van der Waals surface area contributed by atoms with E-state index in [1.165, 1.54) is 5.56 Å². The zero-order valence-corrected chi connectivity index (χ0v) is 15.3. The van der Waals surface area contributed by atoms with E-state index in [0.29, 0.717) is 40.7 Å². The van der Waals surface area contributed by atoms with Crippen LogP contribution in [0, 0.1) is 5.92 Å². The molecule has 2 atom stereocenters. The van der Waals surface area contributed by atoms with Crippen molar-refractivity contribution in [3.63, 3.8) is 0 Å². The first-order chi connectivity index (χ1) is 12.1. The van der Waals surface area contributed by atoms with E-state index in [1.54, 1.807) is 18.2 Å². The van der Waals surface area contributed by atoms with Crippen LogP contribution in [0.4, 0.5) is 5.69 Å². The highest BCUT2D eigenvalue weighted by Crippen LogP contribution is 2.32. The smallest absolute Gasteiger partial charge is 0.238 e. The van der Waals surface area contributed by atoms with Gasteiger partial charge in [0.2, 0.25) is 5.91 Å². The largest absolute Gasteiger partial charge is 0.330 e. The van der Waals surface area contributed by atoms with E-state index in [4.69, 9.17) is 28.9 Å². The summed E-state index contributed by atoms with van der Waals surface area (Å²) in [6.07, 6.45) is 0. The Hall–Kier alpha value is -1.59. The molecule has 0 aromatic heterocycles. The van der Waals surface area contributed by atoms with Crippen molar-refractivity contribution < 1.29 is 4.79 Å². The van der Waals surface area contributed by atoms with Gasteiger partial charge in [-0.25, -0.2) is 0 Å². The van der Waals surface area contributed by atoms with Crippen LogP contribution in [0.3, 0.4) is 0 Å². The summed E-state index contributed by atoms with van der Waals surface area (Å²) < 4.78 is 0. The molecule has 2 aromatic rings. The highest BCUT2D eigenvalue weighted by atomic mass is 35.5. The zero-order valence-electron chi connectivity index (χ0n) is 13.8. The van der Waals surface area contributed by atoms with Crippen molar-refractivity contribution in [1.29, 1.82) is 0 Å². The van der Waals surface area contributed by atoms with Crippen molar-refractivity contribution in [2.24, 2.45) is 11.7 Å². The predicted octanol–water partition coefficient (Wildman–Crippen LogP) is 3.61. The lowest BCUT2D eigenvalue weighted by Crippen LogP contribution is -2.32. The first kappa shape index (κ1) is 18.2. The summed E-state index contributed by atoms with van der Waals surface area (Å²) in [5.74, 6) is 0.604. The van der Waals surface area contributed by atoms with Gasteiger partial charge in [-0.2, -0.15) is 0 Å². The van der Waals surface area contributed by atoms with Gasteiger partial charge in [-0.05, 0) is 36.2 Å². The van der Waals surface area contributed by atoms with Crippen LogP contribution < -0.4 is 11.1 Å². The first-order valence-electron chi connectivity index (χ1n) is 8.29. The molecule has 25 heavy (non-hydrogen) atoms. The van der Waals surface area contributed by atoms with E-state index in [1.807, 2.05) is 18.2 Å². The number of carbonyl (C=O) groups is 1. The van der Waals surface area contributed by atoms with E-state index in [9.17, 15) is 4.79 Å². The number of benzene rings is 2. The Kier molecular flexibility index (Phi) is 5.97. The molecule has 3 N–H and O–H groups in total. The molecule has 1 heterocycles. The van der Waals surface area contributed by atoms with Crippen LogP contribution in [0.25, 0.3) is 0 Å². The van der Waals surface area contributed by atoms with Gasteiger partial charge in [0.1, 0.15) is 0 Å². The molecule has 1 fully saturated rings. The Labute approximate surface area is 157 Å². The van der Waals surface area contributed by atoms with Crippen molar-refractivity contribution in [2.45, 2.75) is 5.92 Å². The summed E-state index contributed by atoms with van der Waals surface area (Å²) in [5.41, 5.74) is 7.77. The minimum Gasteiger partial charge on any atom is -0.330 e. The van der Waals surface area contributed by atoms with E-state index in [2.05, 4.69) is 22.3 Å². The average Bonchev–Trinajstić information content (AvgIpc) is 3.01. The minimum absolute atomic E-state index is 0.103. The maximum Gasteiger partial charge on any atom is 0.238 e. The number of likely N-dealkylation sites (tertiary alicyclic amines) is 1. The summed E-state index contributed by atoms with van der Waals surface area (Å²) in [6, 6.07) is 15.4. The fourth-order valence-corrected chi connectivity index (χ4v) is 3.73. The number of amides is 1. The number of hydrogen-bond donors (Lipinski definition) is 2. The monoisotopic (exact) mass is 377 g/mol. The molecule has 0 saturated carbocycles. The molecule has 6 heteroatoms. The molecular weight excluding hydrogens is 357 g/mol. The van der Waals surface area contributed by atoms with E-state index in [-0.39, 0.29) is 5.91 Å². The Morgan fingerprint density at radius 2 is 1.92 bits per heavy atom. The van der Waals surface area contributed by atoms with Crippen molar-refractivity contribution in [3.8, 4) is 0 Å². The fraction of sp³-hybridized carbons (Fsp3) is 0.316. The van der Waals surface area contributed by atoms with Crippen molar-refractivity contribution >= 4 is 34.8 Å². The third kappa shape index (κ3) is 4.53. The van der Waals surface area contributed by atoms with Crippen LogP contribution in [0.1, 0.15) is 11.5 Å². The standard InChI is InChI=1S/C19H21Cl2N3O/c20-15-6-7-17(21)18(8-15)23-19(25)12-24-10-14(9-22)16(11-24)13-4-2-1-3-5-13/h1-8,14,16H,9-12,22H2,(H,23,25)/t14-,16+/m1/s1. The van der Waals surface area contributed by atoms with Crippen LogP contribution in [0.15, 0.2) is 48.5 Å². The molecule has 132 valence electrons. The molecule has 0 unspecified atom stereocenters. The van der Waals surface area contributed by atoms with Crippen LogP contribution >= 0.6 is 23.2 Å². The number of halogens is 2. The molecule has 1 saturated heterocycles. The zero-order chi connectivity index (χ0) is 17.8. The number of carbonyl (C=O) groups excluding carboxylic acids is 1. The number of anilines is 1. The molecule has 4 nitrogen and oxygen atoms in total. The van der Waals surface area contributed by atoms with Crippen LogP contribution in [-0.4, -0.2) is 37.0 Å². The van der Waals surface area contributed by atoms with Crippen molar-refractivity contribution in [1.82, 2.24) is 4.90 Å². The van der Waals surface area contributed by atoms with Gasteiger partial charge in [-0.3, -0.25) is 9.69 Å². The molecular formula is C19H21Cl2N3O. The maximum atomic E-state index is 12.4. The van der Waals surface area contributed by atoms with Gasteiger partial charge >= 0.3 is 0 Å². The highest BCUT2D eigenvalue weighted by Gasteiger charge is 2.33. The number of nitrogens with one attached hydrogen (secondary N) is 1. The number of nitrogens with zero attached hydrogens (tertiary/aromatic N) is 1. The van der Waals surface area contributed by atoms with Crippen LogP contribution in [0.2, 0.25) is 10.0 Å². The number of nitrogens with two attached hydrogens (primary N) is 1. The Morgan fingerprint density at radius 1 is 1.16 bits per heavy atom. The SMILES string of the molecule is NC[C@@H]1CN(CC(=O)Nc2cc(Cl)ccc2Cl)C[C@H]1c1ccccc1. The molecule has 1 amide bonds. The average molecular weight is 378 g/mol. The van der Waals surface area contributed by atoms with Gasteiger partial charge in [0, 0.05) is 24.0 Å². The quantitative estimate of drug-likeness (QED) is 0.836. The first-order valence-corrected chi connectivity index (χ1v) is 9.04. The summed E-state index contributed by atoms with van der Waals surface area (Å²) in [4.78, 5) is 14.5. The Morgan fingerprint density at radius 3 is 2.64 bits per heavy atom. The molecule has 1 aliphatic rings. The van der Waals surface area contributed by atoms with Gasteiger partial charge in [0.15, 0.2) is 0 Å². The predicted molar refractivity (Wildman–Crippen MR) is 103 cm³/mol. The van der Waals surface area contributed by atoms with Crippen molar-refractivity contribution in [2.75, 3.05) is 31.5 Å². The lowest BCUT2D eigenvalue weighted by Gasteiger charge is -2.17. The second-order valence-corrected chi connectivity index (χ2v) is 7.22. The summed E-state index contributed by atoms with van der Waals surface area (Å²) >= 11 is 12.1. The van der Waals surface area contributed by atoms with Gasteiger partial charge in [-0.1, -0.05) is 53.5 Å². The van der Waals surface area contributed by atoms with Crippen molar-refractivity contribution in [3.05, 3.63) is 64.1 Å². The summed E-state index contributed by atoms with van der Waals surface area (Å²) in [5, 5.41) is 3.85. The summed E-state index contributed by atoms with van der Waals surface area (Å²) in [7, 11) is 0. The fourth-order valence-electron chi connectivity index (χ4n) is 3.39. The van der Waals surface area contributed by atoms with Crippen LogP contribution in [0.5, 0.6) is 0 Å². The van der Waals surface area contributed by atoms with Gasteiger partial charge in [0.25, 0.3) is 0 Å². The Balaban J connectivity index is 1.63. The normalized spacial score (nSPS) is 20.6. The molecule has 2 aromatic carbocycles. The lowest BCUT2D eigenvalue weighted by molar-refractivity contribution is -0.117. The number of rotatable bonds is 5. The molecule has 0 aliphatic carbocycles. The van der Waals surface area contributed by atoms with Gasteiger partial charge < -0.3 is 11.1 Å². The number of hydrogen-bond acceptors (Lipinski definition) is 3. The second-order valence-electron chi connectivity index (χ2n) is 6.38. The van der Waals surface area contributed by atoms with E-state index in [0.717, 1.165) is 13.1 Å². The Bertz CT molecular complexity index is 739. The maximum absolute atomic E-state index is 12.4. The van der Waals surface area contributed by atoms with Gasteiger partial charge in [-0.15, -0.1) is 0 Å². The third-order valence-electron chi connectivity index (χ3n) is 4.62. The topological polar surface area (TPSA) is 58.4 Å². The minimum atomic E-state index is -0.103. The molecule has 1 aliphatic heterocycles. The lowest BCUT2D eigenvalue weighted by atomic mass is 9.89. The van der Waals surface area contributed by atoms with E-state index >= 15 is 0 Å². The third-order valence-corrected chi connectivity index (χ3v) is 5.18. The molecule has 3 rings (SSSR count). The summed E-state index contributed by atoms with van der Waals surface area (Å²) in [6.45, 7) is 2.55. The van der Waals surface area contributed by atoms with Gasteiger partial charge in [0.05, 0.1) is 17.3 Å². The highest BCUT2D eigenvalue weighted by molar-refractivity contribution is 6.35. The van der Waals surface area contributed by atoms with Crippen LogP contribution in [-0.2, 0) is 4.79 Å². The second kappa shape index (κ2) is 8.19.